The molecule has 0 saturated carbocycles. The van der Waals surface area contributed by atoms with Crippen LogP contribution < -0.4 is 15.4 Å². The standard InChI is InChI=1S/C20H32N4O2.HI/c1-21-20(22-13-16-8-11-26-15-16)23-14-19(24-9-3-4-10-24)17-6-5-7-18(12-17)25-2;/h5-7,12,16,19H,3-4,8-11,13-15H2,1-2H3,(H2,21,22,23);1H. The van der Waals surface area contributed by atoms with Crippen LogP contribution in [0.15, 0.2) is 29.3 Å². The van der Waals surface area contributed by atoms with Crippen molar-refractivity contribution in [1.29, 1.82) is 0 Å². The number of methoxy groups -OCH3 is 1. The first-order valence-corrected chi connectivity index (χ1v) is 9.70. The van der Waals surface area contributed by atoms with E-state index >= 15 is 0 Å². The fourth-order valence-corrected chi connectivity index (χ4v) is 3.76. The number of halogens is 1. The number of rotatable bonds is 7. The molecule has 0 radical (unpaired) electrons. The van der Waals surface area contributed by atoms with Gasteiger partial charge in [-0.1, -0.05) is 12.1 Å². The molecular weight excluding hydrogens is 455 g/mol. The average Bonchev–Trinajstić information content (AvgIpc) is 3.38. The molecule has 7 heteroatoms. The van der Waals surface area contributed by atoms with Gasteiger partial charge in [0.05, 0.1) is 19.8 Å². The van der Waals surface area contributed by atoms with Gasteiger partial charge < -0.3 is 20.1 Å². The molecule has 2 aliphatic rings. The maximum absolute atomic E-state index is 5.45. The van der Waals surface area contributed by atoms with E-state index in [-0.39, 0.29) is 24.0 Å². The average molecular weight is 488 g/mol. The van der Waals surface area contributed by atoms with Crippen LogP contribution in [0.5, 0.6) is 5.75 Å². The summed E-state index contributed by atoms with van der Waals surface area (Å²) in [5.74, 6) is 2.36. The van der Waals surface area contributed by atoms with Gasteiger partial charge in [-0.15, -0.1) is 24.0 Å². The van der Waals surface area contributed by atoms with Gasteiger partial charge in [0, 0.05) is 32.7 Å². The van der Waals surface area contributed by atoms with Crippen molar-refractivity contribution in [2.75, 3.05) is 53.6 Å². The Kier molecular flexibility index (Phi) is 9.64. The zero-order valence-corrected chi connectivity index (χ0v) is 18.8. The molecule has 27 heavy (non-hydrogen) atoms. The molecule has 2 atom stereocenters. The van der Waals surface area contributed by atoms with E-state index in [1.165, 1.54) is 18.4 Å². The first-order chi connectivity index (χ1) is 12.8. The van der Waals surface area contributed by atoms with Crippen LogP contribution in [0.2, 0.25) is 0 Å². The summed E-state index contributed by atoms with van der Waals surface area (Å²) in [5, 5.41) is 6.97. The highest BCUT2D eigenvalue weighted by molar-refractivity contribution is 14.0. The van der Waals surface area contributed by atoms with Crippen molar-refractivity contribution in [2.24, 2.45) is 10.9 Å². The Morgan fingerprint density at radius 1 is 1.33 bits per heavy atom. The van der Waals surface area contributed by atoms with Gasteiger partial charge in [0.2, 0.25) is 0 Å². The van der Waals surface area contributed by atoms with Crippen LogP contribution in [0.3, 0.4) is 0 Å². The lowest BCUT2D eigenvalue weighted by atomic mass is 10.1. The second-order valence-electron chi connectivity index (χ2n) is 7.10. The summed E-state index contributed by atoms with van der Waals surface area (Å²) >= 11 is 0. The number of nitrogens with one attached hydrogen (secondary N) is 2. The summed E-state index contributed by atoms with van der Waals surface area (Å²) in [6.45, 7) is 5.76. The van der Waals surface area contributed by atoms with E-state index in [0.29, 0.717) is 12.0 Å². The van der Waals surface area contributed by atoms with Crippen molar-refractivity contribution in [2.45, 2.75) is 25.3 Å². The van der Waals surface area contributed by atoms with Crippen molar-refractivity contribution in [3.8, 4) is 5.75 Å². The molecule has 0 aromatic heterocycles. The number of guanidine groups is 1. The number of nitrogens with zero attached hydrogens (tertiary/aromatic N) is 2. The highest BCUT2D eigenvalue weighted by atomic mass is 127. The van der Waals surface area contributed by atoms with Gasteiger partial charge in [-0.3, -0.25) is 9.89 Å². The number of hydrogen-bond acceptors (Lipinski definition) is 4. The monoisotopic (exact) mass is 488 g/mol. The minimum absolute atomic E-state index is 0. The first-order valence-electron chi connectivity index (χ1n) is 9.70. The van der Waals surface area contributed by atoms with Crippen LogP contribution in [-0.4, -0.2) is 64.4 Å². The molecule has 3 rings (SSSR count). The third-order valence-electron chi connectivity index (χ3n) is 5.33. The predicted octanol–water partition coefficient (Wildman–Crippen LogP) is 2.65. The molecule has 2 saturated heterocycles. The lowest BCUT2D eigenvalue weighted by molar-refractivity contribution is 0.186. The van der Waals surface area contributed by atoms with Gasteiger partial charge in [-0.05, 0) is 50.0 Å². The van der Waals surface area contributed by atoms with E-state index in [1.54, 1.807) is 7.11 Å². The van der Waals surface area contributed by atoms with Crippen LogP contribution in [0.4, 0.5) is 0 Å². The second kappa shape index (κ2) is 11.7. The molecule has 2 fully saturated rings. The Hall–Kier alpha value is -1.06. The molecule has 0 bridgehead atoms. The van der Waals surface area contributed by atoms with Gasteiger partial charge in [-0.2, -0.15) is 0 Å². The van der Waals surface area contributed by atoms with E-state index in [2.05, 4.69) is 38.7 Å². The van der Waals surface area contributed by atoms with E-state index in [9.17, 15) is 0 Å². The smallest absolute Gasteiger partial charge is 0.191 e. The maximum atomic E-state index is 5.45. The molecule has 0 amide bonds. The molecule has 2 N–H and O–H groups in total. The summed E-state index contributed by atoms with van der Waals surface area (Å²) in [4.78, 5) is 6.94. The number of ether oxygens (including phenoxy) is 2. The normalized spacial score (nSPS) is 21.6. The molecule has 1 aromatic rings. The number of aliphatic imine (C=N–C) groups is 1. The highest BCUT2D eigenvalue weighted by Crippen LogP contribution is 2.27. The molecule has 2 aliphatic heterocycles. The van der Waals surface area contributed by atoms with Crippen molar-refractivity contribution in [3.63, 3.8) is 0 Å². The van der Waals surface area contributed by atoms with E-state index in [4.69, 9.17) is 9.47 Å². The van der Waals surface area contributed by atoms with Gasteiger partial charge in [0.15, 0.2) is 5.96 Å². The van der Waals surface area contributed by atoms with Crippen molar-refractivity contribution >= 4 is 29.9 Å². The first kappa shape index (κ1) is 22.2. The minimum Gasteiger partial charge on any atom is -0.497 e. The third-order valence-corrected chi connectivity index (χ3v) is 5.33. The summed E-state index contributed by atoms with van der Waals surface area (Å²) in [6, 6.07) is 8.74. The fourth-order valence-electron chi connectivity index (χ4n) is 3.76. The fraction of sp³-hybridized carbons (Fsp3) is 0.650. The number of benzene rings is 1. The quantitative estimate of drug-likeness (QED) is 0.351. The SMILES string of the molecule is CN=C(NCC1CCOC1)NCC(c1cccc(OC)c1)N1CCCC1.I. The summed E-state index contributed by atoms with van der Waals surface area (Å²) in [6.07, 6.45) is 3.68. The number of likely N-dealkylation sites (tertiary alicyclic amines) is 1. The summed E-state index contributed by atoms with van der Waals surface area (Å²) < 4.78 is 10.9. The highest BCUT2D eigenvalue weighted by Gasteiger charge is 2.24. The van der Waals surface area contributed by atoms with E-state index in [0.717, 1.165) is 57.5 Å². The van der Waals surface area contributed by atoms with Crippen molar-refractivity contribution in [1.82, 2.24) is 15.5 Å². The molecule has 6 nitrogen and oxygen atoms in total. The van der Waals surface area contributed by atoms with E-state index in [1.807, 2.05) is 13.1 Å². The van der Waals surface area contributed by atoms with E-state index < -0.39 is 0 Å². The van der Waals surface area contributed by atoms with Gasteiger partial charge in [-0.25, -0.2) is 0 Å². The Labute approximate surface area is 180 Å². The largest absolute Gasteiger partial charge is 0.497 e. The lowest BCUT2D eigenvalue weighted by Gasteiger charge is -2.29. The second-order valence-corrected chi connectivity index (χ2v) is 7.10. The van der Waals surface area contributed by atoms with Gasteiger partial charge in [0.1, 0.15) is 5.75 Å². The van der Waals surface area contributed by atoms with Gasteiger partial charge in [0.25, 0.3) is 0 Å². The summed E-state index contributed by atoms with van der Waals surface area (Å²) in [5.41, 5.74) is 1.29. The van der Waals surface area contributed by atoms with Crippen LogP contribution in [0.1, 0.15) is 30.9 Å². The molecular formula is C20H33IN4O2. The summed E-state index contributed by atoms with van der Waals surface area (Å²) in [7, 11) is 3.55. The zero-order valence-electron chi connectivity index (χ0n) is 16.4. The van der Waals surface area contributed by atoms with Crippen molar-refractivity contribution < 1.29 is 9.47 Å². The Morgan fingerprint density at radius 2 is 2.15 bits per heavy atom. The Balaban J connectivity index is 0.00000261. The maximum Gasteiger partial charge on any atom is 0.191 e. The van der Waals surface area contributed by atoms with Crippen LogP contribution in [-0.2, 0) is 4.74 Å². The lowest BCUT2D eigenvalue weighted by Crippen LogP contribution is -2.44. The zero-order chi connectivity index (χ0) is 18.2. The number of hydrogen-bond donors (Lipinski definition) is 2. The molecule has 1 aromatic carbocycles. The van der Waals surface area contributed by atoms with Crippen molar-refractivity contribution in [3.05, 3.63) is 29.8 Å². The third kappa shape index (κ3) is 6.50. The topological polar surface area (TPSA) is 58.1 Å². The molecule has 2 heterocycles. The van der Waals surface area contributed by atoms with Crippen LogP contribution in [0, 0.1) is 5.92 Å². The van der Waals surface area contributed by atoms with Crippen LogP contribution >= 0.6 is 24.0 Å². The Morgan fingerprint density at radius 3 is 2.81 bits per heavy atom. The molecule has 2 unspecified atom stereocenters. The van der Waals surface area contributed by atoms with Crippen LogP contribution in [0.25, 0.3) is 0 Å². The molecule has 152 valence electrons. The predicted molar refractivity (Wildman–Crippen MR) is 120 cm³/mol. The van der Waals surface area contributed by atoms with Gasteiger partial charge >= 0.3 is 0 Å². The molecule has 0 spiro atoms. The minimum atomic E-state index is 0. The Bertz CT molecular complexity index is 587. The molecule has 0 aliphatic carbocycles.